The Bertz CT molecular complexity index is 1150. The van der Waals surface area contributed by atoms with E-state index in [9.17, 15) is 9.59 Å². The number of fused-ring (bicyclic) bond motifs is 1. The number of halogens is 1. The number of carbonyl (C=O) groups excluding carboxylic acids is 1. The van der Waals surface area contributed by atoms with Gasteiger partial charge in [0.25, 0.3) is 5.56 Å². The summed E-state index contributed by atoms with van der Waals surface area (Å²) in [6.45, 7) is 3.04. The molecule has 1 fully saturated rings. The molecule has 156 valence electrons. The van der Waals surface area contributed by atoms with Gasteiger partial charge in [0.05, 0.1) is 30.0 Å². The van der Waals surface area contributed by atoms with E-state index in [2.05, 4.69) is 10.3 Å². The summed E-state index contributed by atoms with van der Waals surface area (Å²) in [4.78, 5) is 31.8. The fourth-order valence-corrected chi connectivity index (χ4v) is 4.00. The molecule has 0 aliphatic carbocycles. The average Bonchev–Trinajstić information content (AvgIpc) is 2.75. The van der Waals surface area contributed by atoms with Gasteiger partial charge in [-0.2, -0.15) is 0 Å². The van der Waals surface area contributed by atoms with Crippen molar-refractivity contribution in [2.45, 2.75) is 25.8 Å². The number of methoxy groups -OCH3 is 1. The minimum absolute atomic E-state index is 0.0136. The Morgan fingerprint density at radius 3 is 2.70 bits per heavy atom. The van der Waals surface area contributed by atoms with Crippen molar-refractivity contribution in [3.8, 4) is 5.75 Å². The zero-order valence-electron chi connectivity index (χ0n) is 16.9. The average molecular weight is 427 g/mol. The Morgan fingerprint density at radius 1 is 1.20 bits per heavy atom. The summed E-state index contributed by atoms with van der Waals surface area (Å²) in [6, 6.07) is 10.6. The SMILES string of the molecule is COc1ccc(Cl)cc1NC(=O)N1CCC(n2cnc3ccc(C)cc3c2=O)CC1. The van der Waals surface area contributed by atoms with E-state index in [0.29, 0.717) is 53.3 Å². The molecule has 1 aliphatic rings. The summed E-state index contributed by atoms with van der Waals surface area (Å²) < 4.78 is 6.99. The number of hydrogen-bond donors (Lipinski definition) is 1. The number of rotatable bonds is 3. The first-order valence-corrected chi connectivity index (χ1v) is 10.2. The van der Waals surface area contributed by atoms with Gasteiger partial charge in [-0.25, -0.2) is 9.78 Å². The van der Waals surface area contributed by atoms with Crippen LogP contribution in [0.4, 0.5) is 10.5 Å². The van der Waals surface area contributed by atoms with Crippen LogP contribution in [0.2, 0.25) is 5.02 Å². The largest absolute Gasteiger partial charge is 0.495 e. The van der Waals surface area contributed by atoms with Crippen LogP contribution in [0.25, 0.3) is 10.9 Å². The number of likely N-dealkylation sites (tertiary alicyclic amines) is 1. The summed E-state index contributed by atoms with van der Waals surface area (Å²) >= 11 is 6.04. The summed E-state index contributed by atoms with van der Waals surface area (Å²) in [7, 11) is 1.54. The lowest BCUT2D eigenvalue weighted by Gasteiger charge is -2.33. The lowest BCUT2D eigenvalue weighted by Crippen LogP contribution is -2.42. The topological polar surface area (TPSA) is 76.5 Å². The van der Waals surface area contributed by atoms with Crippen molar-refractivity contribution in [3.05, 3.63) is 63.7 Å². The molecular formula is C22H23ClN4O3. The van der Waals surface area contributed by atoms with Gasteiger partial charge in [-0.1, -0.05) is 23.2 Å². The van der Waals surface area contributed by atoms with Crippen LogP contribution >= 0.6 is 11.6 Å². The standard InChI is InChI=1S/C22H23ClN4O3/c1-14-3-5-18-17(11-14)21(28)27(13-24-18)16-7-9-26(10-8-16)22(29)25-19-12-15(23)4-6-20(19)30-2/h3-6,11-13,16H,7-10H2,1-2H3,(H,25,29). The third-order valence-corrected chi connectivity index (χ3v) is 5.72. The van der Waals surface area contributed by atoms with E-state index in [1.165, 1.54) is 0 Å². The third-order valence-electron chi connectivity index (χ3n) is 5.49. The van der Waals surface area contributed by atoms with E-state index in [1.54, 1.807) is 41.1 Å². The molecule has 8 heteroatoms. The van der Waals surface area contributed by atoms with Crippen LogP contribution < -0.4 is 15.6 Å². The Balaban J connectivity index is 1.46. The van der Waals surface area contributed by atoms with Crippen molar-refractivity contribution < 1.29 is 9.53 Å². The number of piperidine rings is 1. The zero-order valence-corrected chi connectivity index (χ0v) is 17.6. The van der Waals surface area contributed by atoms with E-state index in [4.69, 9.17) is 16.3 Å². The first-order chi connectivity index (χ1) is 14.5. The summed E-state index contributed by atoms with van der Waals surface area (Å²) in [5, 5.41) is 4.01. The lowest BCUT2D eigenvalue weighted by atomic mass is 10.0. The van der Waals surface area contributed by atoms with Crippen LogP contribution in [0.1, 0.15) is 24.4 Å². The van der Waals surface area contributed by atoms with Crippen LogP contribution in [-0.2, 0) is 0 Å². The molecule has 0 bridgehead atoms. The number of anilines is 1. The highest BCUT2D eigenvalue weighted by atomic mass is 35.5. The molecule has 0 unspecified atom stereocenters. The van der Waals surface area contributed by atoms with Crippen molar-refractivity contribution >= 4 is 34.2 Å². The Kier molecular flexibility index (Phi) is 5.63. The summed E-state index contributed by atoms with van der Waals surface area (Å²) in [5.41, 5.74) is 2.23. The zero-order chi connectivity index (χ0) is 21.3. The second kappa shape index (κ2) is 8.36. The van der Waals surface area contributed by atoms with Crippen LogP contribution in [0, 0.1) is 6.92 Å². The van der Waals surface area contributed by atoms with Gasteiger partial charge in [-0.3, -0.25) is 9.36 Å². The number of carbonyl (C=O) groups is 1. The van der Waals surface area contributed by atoms with E-state index >= 15 is 0 Å². The number of ether oxygens (including phenoxy) is 1. The molecule has 2 heterocycles. The summed E-state index contributed by atoms with van der Waals surface area (Å²) in [6.07, 6.45) is 2.98. The maximum absolute atomic E-state index is 12.9. The number of aromatic nitrogens is 2. The smallest absolute Gasteiger partial charge is 0.321 e. The van der Waals surface area contributed by atoms with Gasteiger partial charge in [0, 0.05) is 24.2 Å². The molecule has 2 aromatic carbocycles. The van der Waals surface area contributed by atoms with E-state index in [1.807, 2.05) is 25.1 Å². The van der Waals surface area contributed by atoms with Crippen LogP contribution in [0.3, 0.4) is 0 Å². The van der Waals surface area contributed by atoms with Crippen molar-refractivity contribution in [2.75, 3.05) is 25.5 Å². The molecule has 0 atom stereocenters. The van der Waals surface area contributed by atoms with Crippen molar-refractivity contribution in [3.63, 3.8) is 0 Å². The van der Waals surface area contributed by atoms with Crippen LogP contribution in [-0.4, -0.2) is 40.7 Å². The van der Waals surface area contributed by atoms with E-state index in [0.717, 1.165) is 5.56 Å². The molecule has 0 spiro atoms. The van der Waals surface area contributed by atoms with E-state index in [-0.39, 0.29) is 17.6 Å². The normalized spacial score (nSPS) is 14.7. The van der Waals surface area contributed by atoms with Gasteiger partial charge in [-0.15, -0.1) is 0 Å². The maximum Gasteiger partial charge on any atom is 0.321 e. The molecule has 1 aromatic heterocycles. The first-order valence-electron chi connectivity index (χ1n) is 9.83. The first kappa shape index (κ1) is 20.2. The fraction of sp³-hybridized carbons (Fsp3) is 0.318. The molecule has 1 aliphatic heterocycles. The molecule has 30 heavy (non-hydrogen) atoms. The molecule has 0 saturated carbocycles. The Morgan fingerprint density at radius 2 is 1.97 bits per heavy atom. The highest BCUT2D eigenvalue weighted by molar-refractivity contribution is 6.31. The van der Waals surface area contributed by atoms with Crippen molar-refractivity contribution in [1.82, 2.24) is 14.5 Å². The number of nitrogens with zero attached hydrogens (tertiary/aromatic N) is 3. The van der Waals surface area contributed by atoms with Gasteiger partial charge < -0.3 is 15.0 Å². The monoisotopic (exact) mass is 426 g/mol. The number of amides is 2. The van der Waals surface area contributed by atoms with Crippen LogP contribution in [0.15, 0.2) is 47.5 Å². The quantitative estimate of drug-likeness (QED) is 0.679. The van der Waals surface area contributed by atoms with Crippen molar-refractivity contribution in [2.24, 2.45) is 0 Å². The minimum Gasteiger partial charge on any atom is -0.495 e. The van der Waals surface area contributed by atoms with Gasteiger partial charge >= 0.3 is 6.03 Å². The number of urea groups is 1. The highest BCUT2D eigenvalue weighted by Crippen LogP contribution is 2.29. The fourth-order valence-electron chi connectivity index (χ4n) is 3.83. The van der Waals surface area contributed by atoms with Crippen molar-refractivity contribution in [1.29, 1.82) is 0 Å². The third kappa shape index (κ3) is 3.98. The highest BCUT2D eigenvalue weighted by Gasteiger charge is 2.25. The summed E-state index contributed by atoms with van der Waals surface area (Å²) in [5.74, 6) is 0.548. The van der Waals surface area contributed by atoms with E-state index < -0.39 is 0 Å². The number of hydrogen-bond acceptors (Lipinski definition) is 4. The van der Waals surface area contributed by atoms with Gasteiger partial charge in [-0.05, 0) is 50.1 Å². The minimum atomic E-state index is -0.214. The van der Waals surface area contributed by atoms with Gasteiger partial charge in [0.2, 0.25) is 0 Å². The second-order valence-corrected chi connectivity index (χ2v) is 7.91. The predicted octanol–water partition coefficient (Wildman–Crippen LogP) is 4.24. The molecule has 1 saturated heterocycles. The second-order valence-electron chi connectivity index (χ2n) is 7.47. The molecule has 7 nitrogen and oxygen atoms in total. The number of benzene rings is 2. The molecule has 2 amide bonds. The number of aryl methyl sites for hydroxylation is 1. The molecule has 1 N–H and O–H groups in total. The molecular weight excluding hydrogens is 404 g/mol. The Hall–Kier alpha value is -3.06. The molecule has 0 radical (unpaired) electrons. The van der Waals surface area contributed by atoms with Gasteiger partial charge in [0.15, 0.2) is 0 Å². The lowest BCUT2D eigenvalue weighted by molar-refractivity contribution is 0.182. The number of nitrogens with one attached hydrogen (secondary N) is 1. The molecule has 4 rings (SSSR count). The van der Waals surface area contributed by atoms with Crippen LogP contribution in [0.5, 0.6) is 5.75 Å². The Labute approximate surface area is 179 Å². The maximum atomic E-state index is 12.9. The van der Waals surface area contributed by atoms with Gasteiger partial charge in [0.1, 0.15) is 5.75 Å². The molecule has 3 aromatic rings. The predicted molar refractivity (Wildman–Crippen MR) is 118 cm³/mol.